The second-order valence-electron chi connectivity index (χ2n) is 5.22. The molecule has 0 unspecified atom stereocenters. The molecule has 1 amide bonds. The number of hydrazone groups is 1. The third-order valence-corrected chi connectivity index (χ3v) is 3.99. The highest BCUT2D eigenvalue weighted by Crippen LogP contribution is 2.37. The first-order chi connectivity index (χ1) is 13.1. The summed E-state index contributed by atoms with van der Waals surface area (Å²) in [6, 6.07) is 14.5. The van der Waals surface area contributed by atoms with Gasteiger partial charge >= 0.3 is 0 Å². The average molecular weight is 427 g/mol. The number of methoxy groups -OCH3 is 1. The predicted molar refractivity (Wildman–Crippen MR) is 102 cm³/mol. The van der Waals surface area contributed by atoms with Crippen LogP contribution in [0.1, 0.15) is 23.1 Å². The largest absolute Gasteiger partial charge is 0.493 e. The first-order valence-electron chi connectivity index (χ1n) is 7.76. The molecule has 0 saturated carbocycles. The molecule has 0 radical (unpaired) electrons. The summed E-state index contributed by atoms with van der Waals surface area (Å²) < 4.78 is 11.8. The van der Waals surface area contributed by atoms with Crippen molar-refractivity contribution in [3.8, 4) is 23.6 Å². The van der Waals surface area contributed by atoms with Gasteiger partial charge in [-0.2, -0.15) is 15.6 Å². The Morgan fingerprint density at radius 1 is 1.33 bits per heavy atom. The minimum atomic E-state index is -0.490. The van der Waals surface area contributed by atoms with Crippen molar-refractivity contribution in [3.63, 3.8) is 0 Å². The molecule has 2 aromatic rings. The van der Waals surface area contributed by atoms with Gasteiger partial charge < -0.3 is 9.47 Å². The molecular weight excluding hydrogens is 412 g/mol. The smallest absolute Gasteiger partial charge is 0.254 e. The summed E-state index contributed by atoms with van der Waals surface area (Å²) in [5.74, 6) is 0.454. The van der Waals surface area contributed by atoms with E-state index in [1.807, 2.05) is 12.1 Å². The number of hydrogen-bond donors (Lipinski definition) is 1. The van der Waals surface area contributed by atoms with Crippen LogP contribution in [0.4, 0.5) is 0 Å². The molecule has 0 aliphatic heterocycles. The van der Waals surface area contributed by atoms with Crippen LogP contribution in [0.5, 0.6) is 11.5 Å². The SMILES string of the molecule is COc1cc(/C=N/NC(=O)CC#N)cc(Br)c1OCc1ccccc1C#N. The van der Waals surface area contributed by atoms with Gasteiger partial charge in [-0.3, -0.25) is 4.79 Å². The summed E-state index contributed by atoms with van der Waals surface area (Å²) in [7, 11) is 1.51. The van der Waals surface area contributed by atoms with E-state index in [9.17, 15) is 4.79 Å². The van der Waals surface area contributed by atoms with Gasteiger partial charge in [0.1, 0.15) is 13.0 Å². The lowest BCUT2D eigenvalue weighted by Gasteiger charge is -2.14. The Labute approximate surface area is 164 Å². The number of carbonyl (C=O) groups is 1. The zero-order valence-electron chi connectivity index (χ0n) is 14.4. The van der Waals surface area contributed by atoms with Crippen LogP contribution in [0, 0.1) is 22.7 Å². The Morgan fingerprint density at radius 2 is 2.11 bits per heavy atom. The van der Waals surface area contributed by atoms with Crippen molar-refractivity contribution >= 4 is 28.1 Å². The molecule has 27 heavy (non-hydrogen) atoms. The van der Waals surface area contributed by atoms with Gasteiger partial charge in [0.25, 0.3) is 5.91 Å². The van der Waals surface area contributed by atoms with Crippen molar-refractivity contribution in [1.29, 1.82) is 10.5 Å². The normalized spacial score (nSPS) is 10.1. The fourth-order valence-electron chi connectivity index (χ4n) is 2.15. The lowest BCUT2D eigenvalue weighted by Crippen LogP contribution is -2.16. The van der Waals surface area contributed by atoms with Crippen LogP contribution in [0.3, 0.4) is 0 Å². The summed E-state index contributed by atoms with van der Waals surface area (Å²) in [5, 5.41) is 21.4. The van der Waals surface area contributed by atoms with E-state index in [2.05, 4.69) is 32.5 Å². The Balaban J connectivity index is 2.16. The molecule has 0 fully saturated rings. The second kappa shape index (κ2) is 9.95. The molecule has 0 spiro atoms. The molecule has 0 aromatic heterocycles. The highest BCUT2D eigenvalue weighted by Gasteiger charge is 2.12. The Morgan fingerprint density at radius 3 is 2.81 bits per heavy atom. The Hall–Kier alpha value is -3.36. The van der Waals surface area contributed by atoms with Crippen LogP contribution in [0.15, 0.2) is 46.0 Å². The van der Waals surface area contributed by atoms with Crippen molar-refractivity contribution in [2.45, 2.75) is 13.0 Å². The van der Waals surface area contributed by atoms with Gasteiger partial charge in [-0.25, -0.2) is 5.43 Å². The van der Waals surface area contributed by atoms with E-state index >= 15 is 0 Å². The molecule has 2 aromatic carbocycles. The number of rotatable bonds is 7. The number of hydrogen-bond acceptors (Lipinski definition) is 6. The van der Waals surface area contributed by atoms with Gasteiger partial charge in [0.15, 0.2) is 11.5 Å². The first-order valence-corrected chi connectivity index (χ1v) is 8.55. The maximum Gasteiger partial charge on any atom is 0.254 e. The number of nitrogens with zero attached hydrogens (tertiary/aromatic N) is 3. The van der Waals surface area contributed by atoms with E-state index in [0.29, 0.717) is 27.1 Å². The molecular formula is C19H15BrN4O3. The summed E-state index contributed by atoms with van der Waals surface area (Å²) in [6.45, 7) is 0.205. The lowest BCUT2D eigenvalue weighted by atomic mass is 10.1. The predicted octanol–water partition coefficient (Wildman–Crippen LogP) is 3.27. The number of halogens is 1. The zero-order valence-corrected chi connectivity index (χ0v) is 16.0. The van der Waals surface area contributed by atoms with E-state index in [4.69, 9.17) is 20.0 Å². The zero-order chi connectivity index (χ0) is 19.6. The monoisotopic (exact) mass is 426 g/mol. The van der Waals surface area contributed by atoms with Crippen LogP contribution < -0.4 is 14.9 Å². The van der Waals surface area contributed by atoms with Crippen LogP contribution in [-0.2, 0) is 11.4 Å². The molecule has 0 saturated heterocycles. The van der Waals surface area contributed by atoms with Gasteiger partial charge in [0.05, 0.1) is 35.5 Å². The summed E-state index contributed by atoms with van der Waals surface area (Å²) in [4.78, 5) is 11.2. The van der Waals surface area contributed by atoms with Crippen molar-refractivity contribution < 1.29 is 14.3 Å². The van der Waals surface area contributed by atoms with Gasteiger partial charge in [-0.15, -0.1) is 0 Å². The van der Waals surface area contributed by atoms with E-state index in [1.165, 1.54) is 13.3 Å². The highest BCUT2D eigenvalue weighted by atomic mass is 79.9. The molecule has 0 bridgehead atoms. The number of benzene rings is 2. The number of carbonyl (C=O) groups excluding carboxylic acids is 1. The summed E-state index contributed by atoms with van der Waals surface area (Å²) in [6.07, 6.45) is 1.17. The second-order valence-corrected chi connectivity index (χ2v) is 6.07. The maximum atomic E-state index is 11.2. The number of nitriles is 2. The highest BCUT2D eigenvalue weighted by molar-refractivity contribution is 9.10. The molecule has 136 valence electrons. The summed E-state index contributed by atoms with van der Waals surface area (Å²) >= 11 is 3.43. The molecule has 0 atom stereocenters. The van der Waals surface area contributed by atoms with Crippen molar-refractivity contribution in [3.05, 3.63) is 57.6 Å². The Bertz CT molecular complexity index is 945. The van der Waals surface area contributed by atoms with Crippen LogP contribution >= 0.6 is 15.9 Å². The standard InChI is InChI=1S/C19H15BrN4O3/c1-26-17-9-13(11-23-24-18(25)6-7-21)8-16(20)19(17)27-12-15-5-3-2-4-14(15)10-22/h2-5,8-9,11H,6,12H2,1H3,(H,24,25)/b23-11+. The van der Waals surface area contributed by atoms with Gasteiger partial charge in [-0.1, -0.05) is 18.2 Å². The average Bonchev–Trinajstić information content (AvgIpc) is 2.67. The minimum absolute atomic E-state index is 0.205. The van der Waals surface area contributed by atoms with Crippen LogP contribution in [0.2, 0.25) is 0 Å². The topological polar surface area (TPSA) is 108 Å². The molecule has 1 N–H and O–H groups in total. The quantitative estimate of drug-likeness (QED) is 0.539. The number of amides is 1. The van der Waals surface area contributed by atoms with E-state index < -0.39 is 5.91 Å². The van der Waals surface area contributed by atoms with Crippen molar-refractivity contribution in [1.82, 2.24) is 5.43 Å². The van der Waals surface area contributed by atoms with Gasteiger partial charge in [-0.05, 0) is 39.7 Å². The Kier molecular flexibility index (Phi) is 7.36. The fraction of sp³-hybridized carbons (Fsp3) is 0.158. The van der Waals surface area contributed by atoms with Gasteiger partial charge in [0.2, 0.25) is 0 Å². The lowest BCUT2D eigenvalue weighted by molar-refractivity contribution is -0.120. The third kappa shape index (κ3) is 5.56. The van der Waals surface area contributed by atoms with Crippen LogP contribution in [-0.4, -0.2) is 19.2 Å². The molecule has 0 aliphatic rings. The van der Waals surface area contributed by atoms with E-state index in [-0.39, 0.29) is 13.0 Å². The molecule has 2 rings (SSSR count). The van der Waals surface area contributed by atoms with E-state index in [0.717, 1.165) is 5.56 Å². The van der Waals surface area contributed by atoms with Gasteiger partial charge in [0, 0.05) is 5.56 Å². The molecule has 8 heteroatoms. The minimum Gasteiger partial charge on any atom is -0.493 e. The van der Waals surface area contributed by atoms with Crippen LogP contribution in [0.25, 0.3) is 0 Å². The molecule has 7 nitrogen and oxygen atoms in total. The fourth-order valence-corrected chi connectivity index (χ4v) is 2.72. The molecule has 0 heterocycles. The third-order valence-electron chi connectivity index (χ3n) is 3.40. The number of ether oxygens (including phenoxy) is 2. The van der Waals surface area contributed by atoms with Crippen molar-refractivity contribution in [2.24, 2.45) is 5.10 Å². The first kappa shape index (κ1) is 20.0. The maximum absolute atomic E-state index is 11.2. The van der Waals surface area contributed by atoms with Crippen molar-refractivity contribution in [2.75, 3.05) is 7.11 Å². The van der Waals surface area contributed by atoms with E-state index in [1.54, 1.807) is 30.3 Å². The number of nitrogens with one attached hydrogen (secondary N) is 1. The molecule has 0 aliphatic carbocycles. The summed E-state index contributed by atoms with van der Waals surface area (Å²) in [5.41, 5.74) is 4.22.